The van der Waals surface area contributed by atoms with Crippen molar-refractivity contribution in [1.82, 2.24) is 0 Å². The van der Waals surface area contributed by atoms with E-state index < -0.39 is 0 Å². The molecule has 1 N–H and O–H groups in total. The summed E-state index contributed by atoms with van der Waals surface area (Å²) in [5, 5.41) is 9.40. The van der Waals surface area contributed by atoms with Crippen LogP contribution in [0.2, 0.25) is 0 Å². The number of benzene rings is 2. The van der Waals surface area contributed by atoms with E-state index in [2.05, 4.69) is 57.3 Å². The third-order valence-corrected chi connectivity index (χ3v) is 6.17. The molecule has 0 bridgehead atoms. The van der Waals surface area contributed by atoms with Crippen molar-refractivity contribution in [3.05, 3.63) is 64.2 Å². The monoisotopic (exact) mass is 354 g/mol. The van der Waals surface area contributed by atoms with Crippen LogP contribution in [-0.4, -0.2) is 43.4 Å². The summed E-state index contributed by atoms with van der Waals surface area (Å²) in [5.41, 5.74) is 7.11. The maximum absolute atomic E-state index is 9.40. The summed E-state index contributed by atoms with van der Waals surface area (Å²) in [4.78, 5) is 0. The van der Waals surface area contributed by atoms with Crippen LogP contribution < -0.4 is 4.74 Å². The van der Waals surface area contributed by atoms with Gasteiger partial charge in [-0.05, 0) is 54.3 Å². The summed E-state index contributed by atoms with van der Waals surface area (Å²) >= 11 is 0. The summed E-state index contributed by atoms with van der Waals surface area (Å²) in [5.74, 6) is 0.904. The average Bonchev–Trinajstić information content (AvgIpc) is 2.65. The quantitative estimate of drug-likeness (QED) is 0.795. The standard InChI is InChI=1S/C23H32NO2/c1-17-14-20-10-12-24(3,11-5-13-25)23(22(20)15-18(17)2)16-19-6-8-21(26-4)9-7-19/h6-9,14-15,23,25H,5,10-13,16H2,1-4H3/q+1/t23-,24-/m1/s1. The van der Waals surface area contributed by atoms with E-state index in [1.165, 1.54) is 27.8 Å². The Bertz CT molecular complexity index is 754. The van der Waals surface area contributed by atoms with Crippen LogP contribution in [0.15, 0.2) is 36.4 Å². The van der Waals surface area contributed by atoms with Crippen LogP contribution in [0.25, 0.3) is 0 Å². The molecule has 3 heteroatoms. The van der Waals surface area contributed by atoms with E-state index in [0.29, 0.717) is 6.04 Å². The molecule has 0 radical (unpaired) electrons. The smallest absolute Gasteiger partial charge is 0.119 e. The van der Waals surface area contributed by atoms with Gasteiger partial charge >= 0.3 is 0 Å². The number of aliphatic hydroxyl groups excluding tert-OH is 1. The molecule has 0 unspecified atom stereocenters. The van der Waals surface area contributed by atoms with Gasteiger partial charge in [-0.1, -0.05) is 18.2 Å². The molecule has 0 aromatic heterocycles. The first-order valence-electron chi connectivity index (χ1n) is 9.65. The van der Waals surface area contributed by atoms with Crippen molar-refractivity contribution in [1.29, 1.82) is 0 Å². The Balaban J connectivity index is 1.98. The molecule has 26 heavy (non-hydrogen) atoms. The van der Waals surface area contributed by atoms with Crippen molar-refractivity contribution in [2.75, 3.05) is 33.9 Å². The van der Waals surface area contributed by atoms with E-state index in [9.17, 15) is 5.11 Å². The van der Waals surface area contributed by atoms with E-state index >= 15 is 0 Å². The molecule has 2 aromatic rings. The van der Waals surface area contributed by atoms with Gasteiger partial charge in [-0.3, -0.25) is 0 Å². The van der Waals surface area contributed by atoms with Crippen LogP contribution in [0, 0.1) is 13.8 Å². The Morgan fingerprint density at radius 3 is 2.46 bits per heavy atom. The molecule has 0 amide bonds. The number of nitrogens with zero attached hydrogens (tertiary/aromatic N) is 1. The zero-order valence-corrected chi connectivity index (χ0v) is 16.6. The minimum atomic E-state index is 0.267. The summed E-state index contributed by atoms with van der Waals surface area (Å²) in [7, 11) is 4.07. The first kappa shape index (κ1) is 18.9. The average molecular weight is 355 g/mol. The van der Waals surface area contributed by atoms with E-state index in [4.69, 9.17) is 4.74 Å². The van der Waals surface area contributed by atoms with Crippen LogP contribution >= 0.6 is 0 Å². The van der Waals surface area contributed by atoms with Crippen LogP contribution in [0.4, 0.5) is 0 Å². The Hall–Kier alpha value is -1.84. The number of aliphatic hydroxyl groups is 1. The van der Waals surface area contributed by atoms with Gasteiger partial charge in [0, 0.05) is 31.4 Å². The summed E-state index contributed by atoms with van der Waals surface area (Å²) in [6, 6.07) is 13.7. The number of hydrogen-bond donors (Lipinski definition) is 1. The summed E-state index contributed by atoms with van der Waals surface area (Å²) in [6.07, 6.45) is 2.99. The zero-order chi connectivity index (χ0) is 18.7. The van der Waals surface area contributed by atoms with Gasteiger partial charge in [-0.2, -0.15) is 0 Å². The van der Waals surface area contributed by atoms with Gasteiger partial charge in [0.15, 0.2) is 0 Å². The fourth-order valence-corrected chi connectivity index (χ4v) is 4.31. The van der Waals surface area contributed by atoms with Gasteiger partial charge in [0.1, 0.15) is 11.8 Å². The highest BCUT2D eigenvalue weighted by atomic mass is 16.5. The van der Waals surface area contributed by atoms with Crippen molar-refractivity contribution >= 4 is 0 Å². The van der Waals surface area contributed by atoms with E-state index in [0.717, 1.165) is 42.6 Å². The van der Waals surface area contributed by atoms with Crippen molar-refractivity contribution < 1.29 is 14.3 Å². The molecule has 0 aliphatic carbocycles. The van der Waals surface area contributed by atoms with Crippen molar-refractivity contribution in [2.24, 2.45) is 0 Å². The minimum Gasteiger partial charge on any atom is -0.497 e. The topological polar surface area (TPSA) is 29.5 Å². The predicted octanol–water partition coefficient (Wildman–Crippen LogP) is 3.98. The fraction of sp³-hybridized carbons (Fsp3) is 0.478. The van der Waals surface area contributed by atoms with Crippen molar-refractivity contribution in [3.8, 4) is 5.75 Å². The lowest BCUT2D eigenvalue weighted by atomic mass is 9.84. The molecule has 1 aliphatic rings. The number of hydrogen-bond acceptors (Lipinski definition) is 2. The van der Waals surface area contributed by atoms with Crippen molar-refractivity contribution in [2.45, 2.75) is 39.2 Å². The number of methoxy groups -OCH3 is 1. The lowest BCUT2D eigenvalue weighted by Crippen LogP contribution is -2.52. The van der Waals surface area contributed by atoms with E-state index in [1.807, 2.05) is 0 Å². The third-order valence-electron chi connectivity index (χ3n) is 6.17. The zero-order valence-electron chi connectivity index (χ0n) is 16.6. The van der Waals surface area contributed by atoms with Crippen LogP contribution in [-0.2, 0) is 12.8 Å². The maximum Gasteiger partial charge on any atom is 0.119 e. The largest absolute Gasteiger partial charge is 0.497 e. The van der Waals surface area contributed by atoms with Crippen molar-refractivity contribution in [3.63, 3.8) is 0 Å². The highest BCUT2D eigenvalue weighted by Gasteiger charge is 2.38. The number of rotatable bonds is 6. The summed E-state index contributed by atoms with van der Waals surface area (Å²) < 4.78 is 6.31. The van der Waals surface area contributed by atoms with Gasteiger partial charge < -0.3 is 14.3 Å². The minimum absolute atomic E-state index is 0.267. The molecular formula is C23H32NO2+. The molecule has 3 rings (SSSR count). The molecule has 1 aliphatic heterocycles. The van der Waals surface area contributed by atoms with Crippen LogP contribution in [0.1, 0.15) is 40.3 Å². The van der Waals surface area contributed by atoms with E-state index in [-0.39, 0.29) is 6.61 Å². The Kier molecular flexibility index (Phi) is 5.69. The molecule has 140 valence electrons. The van der Waals surface area contributed by atoms with Gasteiger partial charge in [0.2, 0.25) is 0 Å². The maximum atomic E-state index is 9.40. The second-order valence-electron chi connectivity index (χ2n) is 7.96. The van der Waals surface area contributed by atoms with Gasteiger partial charge in [-0.25, -0.2) is 0 Å². The Morgan fingerprint density at radius 2 is 1.81 bits per heavy atom. The number of aryl methyl sites for hydroxylation is 2. The summed E-state index contributed by atoms with van der Waals surface area (Å²) in [6.45, 7) is 6.85. The molecule has 1 heterocycles. The van der Waals surface area contributed by atoms with Crippen LogP contribution in [0.3, 0.4) is 0 Å². The first-order chi connectivity index (χ1) is 12.5. The number of ether oxygens (including phenoxy) is 1. The Labute approximate surface area is 157 Å². The highest BCUT2D eigenvalue weighted by molar-refractivity contribution is 5.40. The molecular weight excluding hydrogens is 322 g/mol. The fourth-order valence-electron chi connectivity index (χ4n) is 4.31. The van der Waals surface area contributed by atoms with Gasteiger partial charge in [0.05, 0.1) is 27.2 Å². The number of quaternary nitrogens is 1. The second-order valence-corrected chi connectivity index (χ2v) is 7.96. The highest BCUT2D eigenvalue weighted by Crippen LogP contribution is 2.38. The SMILES string of the molecule is COc1ccc(C[C@@H]2c3cc(C)c(C)cc3CC[N@@+]2(C)CCCO)cc1. The lowest BCUT2D eigenvalue weighted by molar-refractivity contribution is -0.941. The molecule has 2 atom stereocenters. The van der Waals surface area contributed by atoms with Gasteiger partial charge in [0.25, 0.3) is 0 Å². The molecule has 0 spiro atoms. The number of likely N-dealkylation sites (N-methyl/N-ethyl adjacent to an activating group) is 1. The van der Waals surface area contributed by atoms with Crippen LogP contribution in [0.5, 0.6) is 5.75 Å². The molecule has 2 aromatic carbocycles. The lowest BCUT2D eigenvalue weighted by Gasteiger charge is -2.46. The first-order valence-corrected chi connectivity index (χ1v) is 9.65. The molecule has 0 fully saturated rings. The normalized spacial score (nSPS) is 22.1. The van der Waals surface area contributed by atoms with Gasteiger partial charge in [-0.15, -0.1) is 0 Å². The third kappa shape index (κ3) is 3.79. The number of fused-ring (bicyclic) bond motifs is 1. The van der Waals surface area contributed by atoms with E-state index in [1.54, 1.807) is 7.11 Å². The predicted molar refractivity (Wildman–Crippen MR) is 107 cm³/mol. The molecule has 0 saturated carbocycles. The second kappa shape index (κ2) is 7.81. The Morgan fingerprint density at radius 1 is 1.12 bits per heavy atom. The molecule has 3 nitrogen and oxygen atoms in total. The molecule has 0 saturated heterocycles.